The predicted molar refractivity (Wildman–Crippen MR) is 67.8 cm³/mol. The third-order valence-electron chi connectivity index (χ3n) is 2.44. The fraction of sp³-hybridized carbons (Fsp3) is 0.462. The first-order valence-corrected chi connectivity index (χ1v) is 6.43. The van der Waals surface area contributed by atoms with Crippen LogP contribution in [0.1, 0.15) is 31.3 Å². The number of alkyl halides is 3. The van der Waals surface area contributed by atoms with Crippen LogP contribution in [-0.2, 0) is 12.6 Å². The Hall–Kier alpha value is -1.10. The van der Waals surface area contributed by atoms with Gasteiger partial charge in [0.2, 0.25) is 0 Å². The number of nitrogens with zero attached hydrogens (tertiary/aromatic N) is 1. The minimum atomic E-state index is -4.30. The lowest BCUT2D eigenvalue weighted by molar-refractivity contribution is -0.137. The molecule has 1 aromatic carbocycles. The maximum absolute atomic E-state index is 12.6. The number of benzene rings is 1. The Labute approximate surface area is 108 Å². The van der Waals surface area contributed by atoms with E-state index in [-0.39, 0.29) is 5.41 Å². The van der Waals surface area contributed by atoms with Gasteiger partial charge in [-0.15, -0.1) is 11.3 Å². The van der Waals surface area contributed by atoms with Crippen LogP contribution in [0.3, 0.4) is 0 Å². The van der Waals surface area contributed by atoms with Crippen molar-refractivity contribution in [1.29, 1.82) is 0 Å². The summed E-state index contributed by atoms with van der Waals surface area (Å²) in [4.78, 5) is 4.29. The fourth-order valence-electron chi connectivity index (χ4n) is 1.68. The van der Waals surface area contributed by atoms with E-state index in [9.17, 15) is 13.2 Å². The van der Waals surface area contributed by atoms with Crippen molar-refractivity contribution in [2.24, 2.45) is 5.41 Å². The molecule has 0 aliphatic rings. The van der Waals surface area contributed by atoms with Crippen LogP contribution < -0.4 is 0 Å². The number of halogens is 3. The molecule has 1 aromatic heterocycles. The highest BCUT2D eigenvalue weighted by Gasteiger charge is 2.30. The standard InChI is InChI=1S/C13H14F3NS/c1-12(2,3)7-11-17-9-6-8(13(14,15)16)4-5-10(9)18-11/h4-6H,7H2,1-3H3. The number of hydrogen-bond donors (Lipinski definition) is 0. The summed E-state index contributed by atoms with van der Waals surface area (Å²) < 4.78 is 38.5. The average molecular weight is 273 g/mol. The molecular formula is C13H14F3NS. The monoisotopic (exact) mass is 273 g/mol. The van der Waals surface area contributed by atoms with Crippen LogP contribution in [0.2, 0.25) is 0 Å². The maximum Gasteiger partial charge on any atom is 0.416 e. The van der Waals surface area contributed by atoms with E-state index >= 15 is 0 Å². The zero-order valence-corrected chi connectivity index (χ0v) is 11.2. The molecular weight excluding hydrogens is 259 g/mol. The number of aromatic nitrogens is 1. The molecule has 0 bridgehead atoms. The molecule has 0 aliphatic carbocycles. The van der Waals surface area contributed by atoms with Gasteiger partial charge in [0, 0.05) is 6.42 Å². The summed E-state index contributed by atoms with van der Waals surface area (Å²) in [6.45, 7) is 6.25. The molecule has 0 aliphatic heterocycles. The minimum Gasteiger partial charge on any atom is -0.241 e. The van der Waals surface area contributed by atoms with Crippen molar-refractivity contribution >= 4 is 21.6 Å². The molecule has 0 atom stereocenters. The Balaban J connectivity index is 2.40. The van der Waals surface area contributed by atoms with E-state index in [1.807, 2.05) is 0 Å². The summed E-state index contributed by atoms with van der Waals surface area (Å²) in [5.74, 6) is 0. The van der Waals surface area contributed by atoms with Crippen molar-refractivity contribution in [3.63, 3.8) is 0 Å². The summed E-state index contributed by atoms with van der Waals surface area (Å²) in [5.41, 5.74) is -0.113. The molecule has 0 amide bonds. The van der Waals surface area contributed by atoms with E-state index in [4.69, 9.17) is 0 Å². The lowest BCUT2D eigenvalue weighted by atomic mass is 9.93. The third kappa shape index (κ3) is 3.02. The van der Waals surface area contributed by atoms with Gasteiger partial charge in [0.1, 0.15) is 0 Å². The molecule has 0 saturated heterocycles. The SMILES string of the molecule is CC(C)(C)Cc1nc2cc(C(F)(F)F)ccc2s1. The molecule has 18 heavy (non-hydrogen) atoms. The summed E-state index contributed by atoms with van der Waals surface area (Å²) in [6, 6.07) is 3.74. The van der Waals surface area contributed by atoms with Crippen molar-refractivity contribution in [2.45, 2.75) is 33.4 Å². The zero-order chi connectivity index (χ0) is 13.6. The highest BCUT2D eigenvalue weighted by Crippen LogP contribution is 2.34. The molecule has 0 radical (unpaired) electrons. The molecule has 5 heteroatoms. The van der Waals surface area contributed by atoms with E-state index < -0.39 is 11.7 Å². The summed E-state index contributed by atoms with van der Waals surface area (Å²) >= 11 is 1.47. The summed E-state index contributed by atoms with van der Waals surface area (Å²) in [7, 11) is 0. The number of hydrogen-bond acceptors (Lipinski definition) is 2. The molecule has 2 rings (SSSR count). The van der Waals surface area contributed by atoms with Gasteiger partial charge in [-0.05, 0) is 23.6 Å². The molecule has 0 unspecified atom stereocenters. The van der Waals surface area contributed by atoms with Gasteiger partial charge in [-0.1, -0.05) is 20.8 Å². The van der Waals surface area contributed by atoms with E-state index in [1.54, 1.807) is 0 Å². The normalized spacial score (nSPS) is 13.2. The molecule has 1 heterocycles. The van der Waals surface area contributed by atoms with Gasteiger partial charge in [0.25, 0.3) is 0 Å². The van der Waals surface area contributed by atoms with E-state index in [0.717, 1.165) is 28.3 Å². The van der Waals surface area contributed by atoms with Gasteiger partial charge < -0.3 is 0 Å². The highest BCUT2D eigenvalue weighted by molar-refractivity contribution is 7.18. The molecule has 1 nitrogen and oxygen atoms in total. The van der Waals surface area contributed by atoms with Crippen LogP contribution in [0.15, 0.2) is 18.2 Å². The first-order valence-electron chi connectivity index (χ1n) is 5.62. The van der Waals surface area contributed by atoms with Gasteiger partial charge in [0.05, 0.1) is 20.8 Å². The second kappa shape index (κ2) is 4.23. The Morgan fingerprint density at radius 2 is 1.83 bits per heavy atom. The van der Waals surface area contributed by atoms with Crippen LogP contribution in [0.4, 0.5) is 13.2 Å². The molecule has 0 spiro atoms. The second-order valence-corrected chi connectivity index (χ2v) is 6.64. The van der Waals surface area contributed by atoms with Gasteiger partial charge in [-0.3, -0.25) is 0 Å². The topological polar surface area (TPSA) is 12.9 Å². The van der Waals surface area contributed by atoms with Crippen molar-refractivity contribution in [3.8, 4) is 0 Å². The van der Waals surface area contributed by atoms with Crippen LogP contribution in [0.25, 0.3) is 10.2 Å². The molecule has 2 aromatic rings. The van der Waals surface area contributed by atoms with Gasteiger partial charge >= 0.3 is 6.18 Å². The van der Waals surface area contributed by atoms with Crippen LogP contribution in [-0.4, -0.2) is 4.98 Å². The fourth-order valence-corrected chi connectivity index (χ4v) is 2.93. The smallest absolute Gasteiger partial charge is 0.241 e. The first kappa shape index (κ1) is 13.3. The molecule has 98 valence electrons. The summed E-state index contributed by atoms with van der Waals surface area (Å²) in [5, 5.41) is 0.886. The van der Waals surface area contributed by atoms with E-state index in [1.165, 1.54) is 17.4 Å². The van der Waals surface area contributed by atoms with Crippen molar-refractivity contribution in [3.05, 3.63) is 28.8 Å². The Kier molecular flexibility index (Phi) is 3.13. The number of thiazole rings is 1. The van der Waals surface area contributed by atoms with Crippen LogP contribution in [0, 0.1) is 5.41 Å². The molecule has 0 N–H and O–H groups in total. The third-order valence-corrected chi connectivity index (χ3v) is 3.48. The van der Waals surface area contributed by atoms with E-state index in [0.29, 0.717) is 5.52 Å². The molecule has 0 fully saturated rings. The first-order chi connectivity index (χ1) is 8.15. The lowest BCUT2D eigenvalue weighted by Crippen LogP contribution is -2.08. The highest BCUT2D eigenvalue weighted by atomic mass is 32.1. The van der Waals surface area contributed by atoms with Crippen molar-refractivity contribution in [2.75, 3.05) is 0 Å². The van der Waals surface area contributed by atoms with Gasteiger partial charge in [-0.25, -0.2) is 4.98 Å². The van der Waals surface area contributed by atoms with Crippen LogP contribution >= 0.6 is 11.3 Å². The quantitative estimate of drug-likeness (QED) is 0.720. The lowest BCUT2D eigenvalue weighted by Gasteiger charge is -2.15. The number of rotatable bonds is 1. The Morgan fingerprint density at radius 1 is 1.17 bits per heavy atom. The van der Waals surface area contributed by atoms with Crippen molar-refractivity contribution < 1.29 is 13.2 Å². The second-order valence-electron chi connectivity index (χ2n) is 5.53. The summed E-state index contributed by atoms with van der Waals surface area (Å²) in [6.07, 6.45) is -3.53. The zero-order valence-electron chi connectivity index (χ0n) is 10.4. The van der Waals surface area contributed by atoms with Gasteiger partial charge in [-0.2, -0.15) is 13.2 Å². The van der Waals surface area contributed by atoms with Crippen LogP contribution in [0.5, 0.6) is 0 Å². The van der Waals surface area contributed by atoms with Crippen molar-refractivity contribution in [1.82, 2.24) is 4.98 Å². The van der Waals surface area contributed by atoms with E-state index in [2.05, 4.69) is 25.8 Å². The number of fused-ring (bicyclic) bond motifs is 1. The van der Waals surface area contributed by atoms with Gasteiger partial charge in [0.15, 0.2) is 0 Å². The predicted octanol–water partition coefficient (Wildman–Crippen LogP) is 4.90. The minimum absolute atomic E-state index is 0.0841. The Bertz CT molecular complexity index is 564. The largest absolute Gasteiger partial charge is 0.416 e. The Morgan fingerprint density at radius 3 is 2.39 bits per heavy atom. The maximum atomic E-state index is 12.6. The average Bonchev–Trinajstić information content (AvgIpc) is 2.53. The molecule has 0 saturated carbocycles.